The van der Waals surface area contributed by atoms with Crippen molar-refractivity contribution in [2.24, 2.45) is 5.92 Å². The van der Waals surface area contributed by atoms with Gasteiger partial charge in [0.25, 0.3) is 0 Å². The molecule has 0 saturated heterocycles. The van der Waals surface area contributed by atoms with E-state index in [0.29, 0.717) is 18.9 Å². The first kappa shape index (κ1) is 25.4. The summed E-state index contributed by atoms with van der Waals surface area (Å²) < 4.78 is 5.53. The van der Waals surface area contributed by atoms with Crippen molar-refractivity contribution in [3.63, 3.8) is 0 Å². The molecule has 0 rings (SSSR count). The number of ether oxygens (including phenoxy) is 1. The molecule has 0 aliphatic rings. The molecule has 3 nitrogen and oxygen atoms in total. The minimum atomic E-state index is -0.254. The SMILES string of the molecule is CCCCCCC(O)CCCC(=O)OCC(CCCC)CCCCCC. The zero-order chi connectivity index (χ0) is 19.5. The van der Waals surface area contributed by atoms with Crippen LogP contribution in [0.5, 0.6) is 0 Å². The lowest BCUT2D eigenvalue weighted by Crippen LogP contribution is -2.15. The third-order valence-electron chi connectivity index (χ3n) is 5.22. The van der Waals surface area contributed by atoms with Crippen LogP contribution in [0.4, 0.5) is 0 Å². The van der Waals surface area contributed by atoms with Crippen molar-refractivity contribution >= 4 is 5.97 Å². The zero-order valence-corrected chi connectivity index (χ0v) is 17.9. The Balaban J connectivity index is 3.81. The number of unbranched alkanes of at least 4 members (excludes halogenated alkanes) is 7. The van der Waals surface area contributed by atoms with Gasteiger partial charge in [0.1, 0.15) is 0 Å². The Morgan fingerprint density at radius 1 is 0.731 bits per heavy atom. The van der Waals surface area contributed by atoms with Gasteiger partial charge < -0.3 is 9.84 Å². The van der Waals surface area contributed by atoms with Crippen molar-refractivity contribution in [2.75, 3.05) is 6.61 Å². The van der Waals surface area contributed by atoms with Crippen LogP contribution in [0.25, 0.3) is 0 Å². The van der Waals surface area contributed by atoms with Crippen molar-refractivity contribution in [2.45, 2.75) is 130 Å². The Labute approximate surface area is 163 Å². The zero-order valence-electron chi connectivity index (χ0n) is 17.9. The molecule has 0 radical (unpaired) electrons. The summed E-state index contributed by atoms with van der Waals surface area (Å²) in [5.41, 5.74) is 0. The molecule has 3 heteroatoms. The van der Waals surface area contributed by atoms with Crippen LogP contribution < -0.4 is 0 Å². The monoisotopic (exact) mass is 370 g/mol. The fourth-order valence-electron chi connectivity index (χ4n) is 3.38. The van der Waals surface area contributed by atoms with Gasteiger partial charge in [0.15, 0.2) is 0 Å². The molecule has 0 aromatic carbocycles. The molecule has 0 bridgehead atoms. The van der Waals surface area contributed by atoms with Crippen LogP contribution in [-0.4, -0.2) is 23.8 Å². The molecule has 0 amide bonds. The number of carbonyl (C=O) groups is 1. The van der Waals surface area contributed by atoms with E-state index in [1.165, 1.54) is 70.6 Å². The average molecular weight is 371 g/mol. The van der Waals surface area contributed by atoms with Gasteiger partial charge in [-0.05, 0) is 38.0 Å². The van der Waals surface area contributed by atoms with Crippen LogP contribution in [0, 0.1) is 5.92 Å². The van der Waals surface area contributed by atoms with Gasteiger partial charge >= 0.3 is 5.97 Å². The lowest BCUT2D eigenvalue weighted by atomic mass is 9.96. The Morgan fingerprint density at radius 3 is 1.88 bits per heavy atom. The van der Waals surface area contributed by atoms with Crippen LogP contribution in [0.15, 0.2) is 0 Å². The molecule has 0 saturated carbocycles. The number of hydrogen-bond donors (Lipinski definition) is 1. The number of rotatable bonds is 19. The highest BCUT2D eigenvalue weighted by atomic mass is 16.5. The second kappa shape index (κ2) is 19.2. The summed E-state index contributed by atoms with van der Waals surface area (Å²) in [4.78, 5) is 12.0. The maximum Gasteiger partial charge on any atom is 0.305 e. The Kier molecular flexibility index (Phi) is 18.8. The predicted octanol–water partition coefficient (Wildman–Crippen LogP) is 6.81. The van der Waals surface area contributed by atoms with Gasteiger partial charge in [0, 0.05) is 6.42 Å². The first-order valence-electron chi connectivity index (χ1n) is 11.5. The van der Waals surface area contributed by atoms with E-state index < -0.39 is 0 Å². The van der Waals surface area contributed by atoms with Crippen molar-refractivity contribution < 1.29 is 14.6 Å². The van der Waals surface area contributed by atoms with Crippen LogP contribution in [-0.2, 0) is 9.53 Å². The Bertz CT molecular complexity index is 304. The normalized spacial score (nSPS) is 13.5. The Morgan fingerprint density at radius 2 is 1.27 bits per heavy atom. The predicted molar refractivity (Wildman–Crippen MR) is 111 cm³/mol. The van der Waals surface area contributed by atoms with Gasteiger partial charge in [0.05, 0.1) is 12.7 Å². The average Bonchev–Trinajstić information content (AvgIpc) is 2.64. The third-order valence-corrected chi connectivity index (χ3v) is 5.22. The first-order valence-corrected chi connectivity index (χ1v) is 11.5. The molecule has 0 aromatic heterocycles. The first-order chi connectivity index (χ1) is 12.6. The van der Waals surface area contributed by atoms with Crippen molar-refractivity contribution in [1.82, 2.24) is 0 Å². The minimum absolute atomic E-state index is 0.0850. The van der Waals surface area contributed by atoms with E-state index in [0.717, 1.165) is 25.7 Å². The number of esters is 1. The molecule has 26 heavy (non-hydrogen) atoms. The lowest BCUT2D eigenvalue weighted by molar-refractivity contribution is -0.145. The molecule has 0 spiro atoms. The molecule has 0 aromatic rings. The molecular formula is C23H46O3. The summed E-state index contributed by atoms with van der Waals surface area (Å²) in [6.07, 6.45) is 17.2. The van der Waals surface area contributed by atoms with Crippen LogP contribution in [0.3, 0.4) is 0 Å². The topological polar surface area (TPSA) is 46.5 Å². The quantitative estimate of drug-likeness (QED) is 0.201. The van der Waals surface area contributed by atoms with Crippen LogP contribution in [0.2, 0.25) is 0 Å². The van der Waals surface area contributed by atoms with Gasteiger partial charge in [-0.25, -0.2) is 0 Å². The third kappa shape index (κ3) is 16.9. The van der Waals surface area contributed by atoms with Crippen LogP contribution in [0.1, 0.15) is 124 Å². The van der Waals surface area contributed by atoms with E-state index in [1.54, 1.807) is 0 Å². The molecule has 0 heterocycles. The largest absolute Gasteiger partial charge is 0.465 e. The molecule has 0 aliphatic carbocycles. The van der Waals surface area contributed by atoms with E-state index >= 15 is 0 Å². The molecule has 0 aliphatic heterocycles. The summed E-state index contributed by atoms with van der Waals surface area (Å²) in [5, 5.41) is 9.97. The summed E-state index contributed by atoms with van der Waals surface area (Å²) in [6.45, 7) is 7.23. The van der Waals surface area contributed by atoms with Crippen molar-refractivity contribution in [3.8, 4) is 0 Å². The second-order valence-electron chi connectivity index (χ2n) is 7.94. The highest BCUT2D eigenvalue weighted by Crippen LogP contribution is 2.18. The van der Waals surface area contributed by atoms with Gasteiger partial charge in [-0.2, -0.15) is 0 Å². The van der Waals surface area contributed by atoms with E-state index in [2.05, 4.69) is 20.8 Å². The smallest absolute Gasteiger partial charge is 0.305 e. The second-order valence-corrected chi connectivity index (χ2v) is 7.94. The molecule has 156 valence electrons. The lowest BCUT2D eigenvalue weighted by Gasteiger charge is -2.17. The maximum absolute atomic E-state index is 12.0. The van der Waals surface area contributed by atoms with Crippen LogP contribution >= 0.6 is 0 Å². The number of hydrogen-bond acceptors (Lipinski definition) is 3. The summed E-state index contributed by atoms with van der Waals surface area (Å²) in [6, 6.07) is 0. The maximum atomic E-state index is 12.0. The number of aliphatic hydroxyl groups excluding tert-OH is 1. The van der Waals surface area contributed by atoms with Gasteiger partial charge in [-0.1, -0.05) is 85.0 Å². The molecule has 0 fully saturated rings. The Hall–Kier alpha value is -0.570. The molecule has 2 unspecified atom stereocenters. The van der Waals surface area contributed by atoms with Gasteiger partial charge in [-0.3, -0.25) is 4.79 Å². The number of aliphatic hydroxyl groups is 1. The van der Waals surface area contributed by atoms with Crippen molar-refractivity contribution in [1.29, 1.82) is 0 Å². The fraction of sp³-hybridized carbons (Fsp3) is 0.957. The van der Waals surface area contributed by atoms with Crippen molar-refractivity contribution in [3.05, 3.63) is 0 Å². The highest BCUT2D eigenvalue weighted by Gasteiger charge is 2.12. The van der Waals surface area contributed by atoms with E-state index in [1.807, 2.05) is 0 Å². The summed E-state index contributed by atoms with van der Waals surface area (Å²) in [5.74, 6) is 0.443. The summed E-state index contributed by atoms with van der Waals surface area (Å²) in [7, 11) is 0. The van der Waals surface area contributed by atoms with Gasteiger partial charge in [0.2, 0.25) is 0 Å². The number of carbonyl (C=O) groups excluding carboxylic acids is 1. The van der Waals surface area contributed by atoms with Gasteiger partial charge in [-0.15, -0.1) is 0 Å². The highest BCUT2D eigenvalue weighted by molar-refractivity contribution is 5.69. The standard InChI is InChI=1S/C23H46O3/c1-4-7-10-12-16-21(15-9-6-3)20-26-23(25)19-14-18-22(24)17-13-11-8-5-2/h21-22,24H,4-20H2,1-3H3. The summed E-state index contributed by atoms with van der Waals surface area (Å²) >= 11 is 0. The van der Waals surface area contributed by atoms with E-state index in [4.69, 9.17) is 4.74 Å². The fourth-order valence-corrected chi connectivity index (χ4v) is 3.38. The van der Waals surface area contributed by atoms with E-state index in [-0.39, 0.29) is 12.1 Å². The molecule has 1 N–H and O–H groups in total. The minimum Gasteiger partial charge on any atom is -0.465 e. The van der Waals surface area contributed by atoms with E-state index in [9.17, 15) is 9.90 Å². The molecule has 2 atom stereocenters. The molecular weight excluding hydrogens is 324 g/mol.